The van der Waals surface area contributed by atoms with Crippen LogP contribution in [0.3, 0.4) is 0 Å². The molecule has 1 atom stereocenters. The summed E-state index contributed by atoms with van der Waals surface area (Å²) < 4.78 is 31.9. The van der Waals surface area contributed by atoms with Gasteiger partial charge in [0, 0.05) is 31.7 Å². The van der Waals surface area contributed by atoms with Crippen LogP contribution in [0.15, 0.2) is 82.3 Å². The van der Waals surface area contributed by atoms with Crippen molar-refractivity contribution in [2.45, 2.75) is 17.2 Å². The van der Waals surface area contributed by atoms with Gasteiger partial charge in [-0.25, -0.2) is 8.42 Å². The van der Waals surface area contributed by atoms with Gasteiger partial charge in [0.2, 0.25) is 15.2 Å². The third-order valence-electron chi connectivity index (χ3n) is 5.79. The molecule has 4 rings (SSSR count). The molecule has 1 saturated heterocycles. The van der Waals surface area contributed by atoms with Gasteiger partial charge in [0.1, 0.15) is 0 Å². The molecule has 10 heteroatoms. The highest BCUT2D eigenvalue weighted by atomic mass is 32.2. The Kier molecular flexibility index (Phi) is 7.02. The molecular weight excluding hydrogens is 470 g/mol. The summed E-state index contributed by atoms with van der Waals surface area (Å²) in [5.41, 5.74) is 1.39. The van der Waals surface area contributed by atoms with Crippen molar-refractivity contribution in [1.82, 2.24) is 15.1 Å². The molecule has 1 aromatic heterocycles. The lowest BCUT2D eigenvalue weighted by molar-refractivity contribution is -0.132. The van der Waals surface area contributed by atoms with E-state index in [2.05, 4.69) is 5.32 Å². The first-order valence-corrected chi connectivity index (χ1v) is 12.6. The molecule has 1 aliphatic rings. The van der Waals surface area contributed by atoms with Gasteiger partial charge in [0.15, 0.2) is 5.76 Å². The summed E-state index contributed by atoms with van der Waals surface area (Å²) in [6.07, 6.45) is 1.28. The van der Waals surface area contributed by atoms with Gasteiger partial charge in [0.05, 0.1) is 11.2 Å². The summed E-state index contributed by atoms with van der Waals surface area (Å²) in [7, 11) is -4.27. The first-order valence-electron chi connectivity index (χ1n) is 11.1. The maximum Gasteiger partial charge on any atom is 0.288 e. The predicted octanol–water partition coefficient (Wildman–Crippen LogP) is 2.10. The van der Waals surface area contributed by atoms with Crippen LogP contribution < -0.4 is 5.32 Å². The van der Waals surface area contributed by atoms with Gasteiger partial charge >= 0.3 is 0 Å². The van der Waals surface area contributed by atoms with Crippen molar-refractivity contribution < 1.29 is 27.2 Å². The summed E-state index contributed by atoms with van der Waals surface area (Å²) in [5.74, 6) is -1.85. The Hall–Kier alpha value is -3.92. The van der Waals surface area contributed by atoms with Crippen LogP contribution in [0, 0.1) is 6.92 Å². The van der Waals surface area contributed by atoms with Gasteiger partial charge in [0.25, 0.3) is 17.7 Å². The number of hydrogen-bond acceptors (Lipinski definition) is 6. The van der Waals surface area contributed by atoms with Gasteiger partial charge in [-0.15, -0.1) is 0 Å². The van der Waals surface area contributed by atoms with Crippen molar-refractivity contribution in [1.29, 1.82) is 0 Å². The Morgan fingerprint density at radius 3 is 2.09 bits per heavy atom. The molecule has 0 spiro atoms. The quantitative estimate of drug-likeness (QED) is 0.560. The Balaban J connectivity index is 1.54. The number of furan rings is 1. The first-order chi connectivity index (χ1) is 16.8. The van der Waals surface area contributed by atoms with Crippen LogP contribution in [-0.2, 0) is 14.6 Å². The molecule has 0 bridgehead atoms. The van der Waals surface area contributed by atoms with Gasteiger partial charge < -0.3 is 19.5 Å². The third kappa shape index (κ3) is 5.27. The standard InChI is InChI=1S/C25H25N3O6S/c1-18-9-11-20(12-10-18)35(32,33)23(26-22(29)21-8-5-17-34-21)25(31)28-15-13-27(14-16-28)24(30)19-6-3-2-4-7-19/h2-12,17,23H,13-16H2,1H3,(H,26,29)/t23-/m1/s1. The summed E-state index contributed by atoms with van der Waals surface area (Å²) in [6.45, 7) is 2.56. The van der Waals surface area contributed by atoms with Gasteiger partial charge in [-0.3, -0.25) is 14.4 Å². The molecule has 3 amide bonds. The smallest absolute Gasteiger partial charge is 0.288 e. The lowest BCUT2D eigenvalue weighted by Crippen LogP contribution is -2.57. The number of carbonyl (C=O) groups is 3. The normalized spacial score (nSPS) is 14.9. The van der Waals surface area contributed by atoms with Crippen molar-refractivity contribution in [2.75, 3.05) is 26.2 Å². The number of hydrogen-bond donors (Lipinski definition) is 1. The number of carbonyl (C=O) groups excluding carboxylic acids is 3. The van der Waals surface area contributed by atoms with E-state index in [1.54, 1.807) is 41.3 Å². The molecule has 1 aliphatic heterocycles. The average Bonchev–Trinajstić information content (AvgIpc) is 3.42. The lowest BCUT2D eigenvalue weighted by atomic mass is 10.2. The van der Waals surface area contributed by atoms with E-state index in [4.69, 9.17) is 4.42 Å². The maximum absolute atomic E-state index is 13.4. The van der Waals surface area contributed by atoms with Crippen molar-refractivity contribution >= 4 is 27.6 Å². The number of rotatable bonds is 6. The lowest BCUT2D eigenvalue weighted by Gasteiger charge is -2.36. The van der Waals surface area contributed by atoms with Crippen LogP contribution in [0.25, 0.3) is 0 Å². The second-order valence-corrected chi connectivity index (χ2v) is 10.2. The minimum absolute atomic E-state index is 0.0842. The molecule has 2 heterocycles. The van der Waals surface area contributed by atoms with Crippen LogP contribution in [0.2, 0.25) is 0 Å². The molecule has 35 heavy (non-hydrogen) atoms. The number of piperazine rings is 1. The molecule has 2 aromatic carbocycles. The monoisotopic (exact) mass is 495 g/mol. The van der Waals surface area contributed by atoms with Gasteiger partial charge in [-0.2, -0.15) is 0 Å². The minimum Gasteiger partial charge on any atom is -0.459 e. The SMILES string of the molecule is Cc1ccc(S(=O)(=O)[C@@H](NC(=O)c2ccco2)C(=O)N2CCN(C(=O)c3ccccc3)CC2)cc1. The van der Waals surface area contributed by atoms with Crippen molar-refractivity contribution in [3.05, 3.63) is 89.9 Å². The minimum atomic E-state index is -4.27. The van der Waals surface area contributed by atoms with E-state index in [-0.39, 0.29) is 42.7 Å². The van der Waals surface area contributed by atoms with Crippen LogP contribution in [0.1, 0.15) is 26.5 Å². The Morgan fingerprint density at radius 2 is 1.49 bits per heavy atom. The van der Waals surface area contributed by atoms with Crippen LogP contribution >= 0.6 is 0 Å². The Morgan fingerprint density at radius 1 is 0.857 bits per heavy atom. The highest BCUT2D eigenvalue weighted by Gasteiger charge is 2.40. The van der Waals surface area contributed by atoms with E-state index in [0.717, 1.165) is 5.56 Å². The number of nitrogens with zero attached hydrogens (tertiary/aromatic N) is 2. The van der Waals surface area contributed by atoms with E-state index < -0.39 is 27.0 Å². The van der Waals surface area contributed by atoms with Crippen molar-refractivity contribution in [2.24, 2.45) is 0 Å². The zero-order valence-electron chi connectivity index (χ0n) is 19.1. The van der Waals surface area contributed by atoms with Crippen LogP contribution in [0.5, 0.6) is 0 Å². The average molecular weight is 496 g/mol. The number of benzene rings is 2. The fourth-order valence-electron chi connectivity index (χ4n) is 3.79. The van der Waals surface area contributed by atoms with Gasteiger partial charge in [-0.05, 0) is 43.3 Å². The summed E-state index contributed by atoms with van der Waals surface area (Å²) >= 11 is 0. The number of nitrogens with one attached hydrogen (secondary N) is 1. The number of sulfone groups is 1. The van der Waals surface area contributed by atoms with E-state index in [0.29, 0.717) is 5.56 Å². The third-order valence-corrected chi connectivity index (χ3v) is 7.66. The van der Waals surface area contributed by atoms with E-state index in [9.17, 15) is 22.8 Å². The molecule has 0 saturated carbocycles. The molecule has 1 N–H and O–H groups in total. The van der Waals surface area contributed by atoms with Gasteiger partial charge in [-0.1, -0.05) is 35.9 Å². The molecule has 0 unspecified atom stereocenters. The molecule has 3 aromatic rings. The first kappa shape index (κ1) is 24.2. The zero-order valence-corrected chi connectivity index (χ0v) is 19.9. The highest BCUT2D eigenvalue weighted by molar-refractivity contribution is 7.92. The van der Waals surface area contributed by atoms with Crippen LogP contribution in [-0.4, -0.2) is 67.5 Å². The number of aryl methyl sites for hydroxylation is 1. The predicted molar refractivity (Wildman–Crippen MR) is 127 cm³/mol. The molecule has 0 radical (unpaired) electrons. The second kappa shape index (κ2) is 10.1. The Bertz CT molecular complexity index is 1300. The van der Waals surface area contributed by atoms with E-state index in [1.807, 2.05) is 13.0 Å². The highest BCUT2D eigenvalue weighted by Crippen LogP contribution is 2.19. The van der Waals surface area contributed by atoms with Crippen molar-refractivity contribution in [3.8, 4) is 0 Å². The summed E-state index contributed by atoms with van der Waals surface area (Å²) in [5, 5.41) is 0.489. The summed E-state index contributed by atoms with van der Waals surface area (Å²) in [4.78, 5) is 41.7. The van der Waals surface area contributed by atoms with E-state index >= 15 is 0 Å². The molecule has 9 nitrogen and oxygen atoms in total. The molecular formula is C25H25N3O6S. The van der Waals surface area contributed by atoms with Crippen LogP contribution in [0.4, 0.5) is 0 Å². The topological polar surface area (TPSA) is 117 Å². The van der Waals surface area contributed by atoms with E-state index in [1.165, 1.54) is 35.4 Å². The Labute approximate surface area is 203 Å². The maximum atomic E-state index is 13.4. The molecule has 1 fully saturated rings. The molecule has 0 aliphatic carbocycles. The van der Waals surface area contributed by atoms with Crippen molar-refractivity contribution in [3.63, 3.8) is 0 Å². The summed E-state index contributed by atoms with van der Waals surface area (Å²) in [6, 6.07) is 17.7. The second-order valence-electron chi connectivity index (χ2n) is 8.17. The fourth-order valence-corrected chi connectivity index (χ4v) is 5.26. The molecule has 182 valence electrons. The number of amides is 3. The largest absolute Gasteiger partial charge is 0.459 e. The fraction of sp³-hybridized carbons (Fsp3) is 0.240. The zero-order chi connectivity index (χ0) is 25.0.